The molecule has 0 saturated carbocycles. The van der Waals surface area contributed by atoms with Gasteiger partial charge in [-0.15, -0.1) is 0 Å². The number of piperidine rings is 1. The van der Waals surface area contributed by atoms with Gasteiger partial charge in [-0.3, -0.25) is 4.90 Å². The van der Waals surface area contributed by atoms with E-state index >= 15 is 0 Å². The molecule has 2 rings (SSSR count). The number of ether oxygens (including phenoxy) is 1. The maximum atomic E-state index is 9.72. The van der Waals surface area contributed by atoms with Crippen molar-refractivity contribution in [2.45, 2.75) is 45.6 Å². The first-order chi connectivity index (χ1) is 8.15. The van der Waals surface area contributed by atoms with Crippen molar-refractivity contribution in [1.29, 1.82) is 0 Å². The van der Waals surface area contributed by atoms with Crippen LogP contribution in [-0.4, -0.2) is 49.0 Å². The molecule has 3 atom stereocenters. The van der Waals surface area contributed by atoms with Crippen molar-refractivity contribution in [1.82, 2.24) is 4.90 Å². The first-order valence-corrected chi connectivity index (χ1v) is 7.08. The van der Waals surface area contributed by atoms with Gasteiger partial charge in [-0.05, 0) is 38.5 Å². The van der Waals surface area contributed by atoms with Gasteiger partial charge in [0.15, 0.2) is 0 Å². The van der Waals surface area contributed by atoms with Gasteiger partial charge in [0.2, 0.25) is 0 Å². The van der Waals surface area contributed by atoms with Gasteiger partial charge in [0.1, 0.15) is 0 Å². The number of rotatable bonds is 3. The Morgan fingerprint density at radius 3 is 2.82 bits per heavy atom. The number of likely N-dealkylation sites (tertiary alicyclic amines) is 1. The molecule has 2 heterocycles. The summed E-state index contributed by atoms with van der Waals surface area (Å²) in [6.07, 6.45) is 4.85. The Kier molecular flexibility index (Phi) is 4.45. The highest BCUT2D eigenvalue weighted by Gasteiger charge is 2.36. The molecule has 2 saturated heterocycles. The number of aliphatic hydroxyl groups excluding tert-OH is 1. The fourth-order valence-corrected chi connectivity index (χ4v) is 3.24. The van der Waals surface area contributed by atoms with Gasteiger partial charge >= 0.3 is 0 Å². The standard InChI is InChI=1S/C14H27NO2/c1-12-4-5-13(2)15(8-12)9-14(10-16)6-3-7-17-11-14/h12-13,16H,3-11H2,1-2H3. The zero-order valence-corrected chi connectivity index (χ0v) is 11.3. The van der Waals surface area contributed by atoms with Crippen molar-refractivity contribution in [2.75, 3.05) is 32.9 Å². The van der Waals surface area contributed by atoms with Crippen LogP contribution in [0.1, 0.15) is 39.5 Å². The highest BCUT2D eigenvalue weighted by atomic mass is 16.5. The molecule has 0 aromatic rings. The zero-order chi connectivity index (χ0) is 12.3. The van der Waals surface area contributed by atoms with Gasteiger partial charge in [-0.1, -0.05) is 6.92 Å². The summed E-state index contributed by atoms with van der Waals surface area (Å²) in [4.78, 5) is 2.57. The summed E-state index contributed by atoms with van der Waals surface area (Å²) in [5.41, 5.74) is 0.00354. The van der Waals surface area contributed by atoms with Gasteiger partial charge in [-0.25, -0.2) is 0 Å². The van der Waals surface area contributed by atoms with Crippen LogP contribution in [0.5, 0.6) is 0 Å². The molecule has 0 bridgehead atoms. The SMILES string of the molecule is CC1CCC(C)N(CC2(CO)CCCOC2)C1. The molecule has 3 heteroatoms. The molecule has 0 spiro atoms. The summed E-state index contributed by atoms with van der Waals surface area (Å²) >= 11 is 0. The molecule has 2 fully saturated rings. The van der Waals surface area contributed by atoms with Crippen molar-refractivity contribution < 1.29 is 9.84 Å². The molecule has 0 radical (unpaired) electrons. The third-order valence-corrected chi connectivity index (χ3v) is 4.52. The number of hydrogen-bond acceptors (Lipinski definition) is 3. The van der Waals surface area contributed by atoms with Gasteiger partial charge in [0.05, 0.1) is 13.2 Å². The second-order valence-electron chi connectivity index (χ2n) is 6.28. The second kappa shape index (κ2) is 5.68. The van der Waals surface area contributed by atoms with E-state index in [2.05, 4.69) is 18.7 Å². The largest absolute Gasteiger partial charge is 0.396 e. The van der Waals surface area contributed by atoms with Crippen molar-refractivity contribution in [3.63, 3.8) is 0 Å². The molecule has 3 nitrogen and oxygen atoms in total. The highest BCUT2D eigenvalue weighted by Crippen LogP contribution is 2.32. The van der Waals surface area contributed by atoms with Crippen LogP contribution in [0.2, 0.25) is 0 Å². The van der Waals surface area contributed by atoms with Crippen LogP contribution in [-0.2, 0) is 4.74 Å². The molecule has 0 aromatic carbocycles. The predicted octanol–water partition coefficient (Wildman–Crippen LogP) is 1.90. The Morgan fingerprint density at radius 1 is 1.35 bits per heavy atom. The van der Waals surface area contributed by atoms with Crippen molar-refractivity contribution in [2.24, 2.45) is 11.3 Å². The fraction of sp³-hybridized carbons (Fsp3) is 1.00. The normalized spacial score (nSPS) is 40.4. The van der Waals surface area contributed by atoms with E-state index < -0.39 is 0 Å². The van der Waals surface area contributed by atoms with Crippen LogP contribution in [0.3, 0.4) is 0 Å². The van der Waals surface area contributed by atoms with Crippen LogP contribution < -0.4 is 0 Å². The van der Waals surface area contributed by atoms with Crippen molar-refractivity contribution >= 4 is 0 Å². The minimum absolute atomic E-state index is 0.00354. The molecule has 3 unspecified atom stereocenters. The first-order valence-electron chi connectivity index (χ1n) is 7.08. The van der Waals surface area contributed by atoms with Crippen molar-refractivity contribution in [3.8, 4) is 0 Å². The van der Waals surface area contributed by atoms with Crippen LogP contribution in [0.4, 0.5) is 0 Å². The van der Waals surface area contributed by atoms with E-state index in [1.807, 2.05) is 0 Å². The van der Waals surface area contributed by atoms with E-state index in [1.54, 1.807) is 0 Å². The Morgan fingerprint density at radius 2 is 2.18 bits per heavy atom. The lowest BCUT2D eigenvalue weighted by Crippen LogP contribution is -2.51. The van der Waals surface area contributed by atoms with E-state index in [-0.39, 0.29) is 12.0 Å². The van der Waals surface area contributed by atoms with Crippen LogP contribution in [0.25, 0.3) is 0 Å². The Bertz CT molecular complexity index is 238. The molecular weight excluding hydrogens is 214 g/mol. The summed E-state index contributed by atoms with van der Waals surface area (Å²) in [6, 6.07) is 0.663. The minimum Gasteiger partial charge on any atom is -0.396 e. The predicted molar refractivity (Wildman–Crippen MR) is 69.0 cm³/mol. The topological polar surface area (TPSA) is 32.7 Å². The Labute approximate surface area is 105 Å². The van der Waals surface area contributed by atoms with Gasteiger partial charge < -0.3 is 9.84 Å². The number of aliphatic hydroxyl groups is 1. The molecule has 2 aliphatic heterocycles. The first kappa shape index (κ1) is 13.3. The highest BCUT2D eigenvalue weighted by molar-refractivity contribution is 4.88. The Hall–Kier alpha value is -0.120. The summed E-state index contributed by atoms with van der Waals surface area (Å²) < 4.78 is 5.59. The maximum absolute atomic E-state index is 9.72. The summed E-state index contributed by atoms with van der Waals surface area (Å²) in [6.45, 7) is 8.72. The van der Waals surface area contributed by atoms with Gasteiger partial charge in [-0.2, -0.15) is 0 Å². The van der Waals surface area contributed by atoms with E-state index in [9.17, 15) is 5.11 Å². The molecule has 1 N–H and O–H groups in total. The van der Waals surface area contributed by atoms with E-state index in [0.717, 1.165) is 38.5 Å². The number of hydrogen-bond donors (Lipinski definition) is 1. The van der Waals surface area contributed by atoms with E-state index in [4.69, 9.17) is 4.74 Å². The van der Waals surface area contributed by atoms with Crippen LogP contribution >= 0.6 is 0 Å². The smallest absolute Gasteiger partial charge is 0.0556 e. The lowest BCUT2D eigenvalue weighted by molar-refractivity contribution is -0.0664. The average Bonchev–Trinajstić information content (AvgIpc) is 2.35. The zero-order valence-electron chi connectivity index (χ0n) is 11.3. The molecular formula is C14H27NO2. The van der Waals surface area contributed by atoms with Crippen molar-refractivity contribution in [3.05, 3.63) is 0 Å². The summed E-state index contributed by atoms with van der Waals surface area (Å²) in [7, 11) is 0. The third kappa shape index (κ3) is 3.21. The van der Waals surface area contributed by atoms with Gasteiger partial charge in [0.25, 0.3) is 0 Å². The van der Waals surface area contributed by atoms with Crippen LogP contribution in [0, 0.1) is 11.3 Å². The third-order valence-electron chi connectivity index (χ3n) is 4.52. The quantitative estimate of drug-likeness (QED) is 0.819. The van der Waals surface area contributed by atoms with E-state index in [1.165, 1.54) is 19.4 Å². The van der Waals surface area contributed by atoms with Gasteiger partial charge in [0, 0.05) is 31.2 Å². The lowest BCUT2D eigenvalue weighted by Gasteiger charge is -2.44. The molecule has 0 aliphatic carbocycles. The molecule has 100 valence electrons. The fourth-order valence-electron chi connectivity index (χ4n) is 3.24. The number of nitrogens with zero attached hydrogens (tertiary/aromatic N) is 1. The molecule has 2 aliphatic rings. The molecule has 0 amide bonds. The second-order valence-corrected chi connectivity index (χ2v) is 6.28. The summed E-state index contributed by atoms with van der Waals surface area (Å²) in [5.74, 6) is 0.798. The summed E-state index contributed by atoms with van der Waals surface area (Å²) in [5, 5.41) is 9.72. The molecule has 17 heavy (non-hydrogen) atoms. The minimum atomic E-state index is 0.00354. The lowest BCUT2D eigenvalue weighted by atomic mass is 9.81. The monoisotopic (exact) mass is 241 g/mol. The molecule has 0 aromatic heterocycles. The maximum Gasteiger partial charge on any atom is 0.0556 e. The van der Waals surface area contributed by atoms with E-state index in [0.29, 0.717) is 6.04 Å². The van der Waals surface area contributed by atoms with Crippen LogP contribution in [0.15, 0.2) is 0 Å². The average molecular weight is 241 g/mol. The Balaban J connectivity index is 1.96.